The van der Waals surface area contributed by atoms with Crippen molar-refractivity contribution in [3.8, 4) is 0 Å². The summed E-state index contributed by atoms with van der Waals surface area (Å²) in [5.41, 5.74) is 0.926. The third-order valence-electron chi connectivity index (χ3n) is 4.52. The van der Waals surface area contributed by atoms with Crippen LogP contribution in [0.5, 0.6) is 0 Å². The smallest absolute Gasteiger partial charge is 0.118 e. The van der Waals surface area contributed by atoms with Crippen LogP contribution in [0.15, 0.2) is 54.0 Å². The molecule has 0 aromatic heterocycles. The molecule has 0 aliphatic heterocycles. The van der Waals surface area contributed by atoms with Crippen LogP contribution >= 0.6 is 0 Å². The van der Waals surface area contributed by atoms with Gasteiger partial charge in [0.1, 0.15) is 11.5 Å². The maximum atomic E-state index is 10.4. The standard InChI is InChI=1S/C19H27NO3/c1-13-16(10-17(22-3)11-18(13)23-4)12-20-14(2)19(21)15-8-6-5-7-9-15/h5-11,13-14,16,19-21H,12H2,1-4H3/t13?,14-,16?,19-/m0/s1. The van der Waals surface area contributed by atoms with E-state index in [0.717, 1.165) is 23.6 Å². The minimum atomic E-state index is -0.529. The lowest BCUT2D eigenvalue weighted by molar-refractivity contribution is 0.131. The Bertz CT molecular complexity index is 553. The number of aliphatic hydroxyl groups is 1. The van der Waals surface area contributed by atoms with Crippen molar-refractivity contribution in [2.45, 2.75) is 26.0 Å². The average Bonchev–Trinajstić information content (AvgIpc) is 2.60. The van der Waals surface area contributed by atoms with Gasteiger partial charge in [0.05, 0.1) is 20.3 Å². The van der Waals surface area contributed by atoms with Crippen LogP contribution in [0, 0.1) is 11.8 Å². The second-order valence-electron chi connectivity index (χ2n) is 6.03. The summed E-state index contributed by atoms with van der Waals surface area (Å²) in [7, 11) is 3.35. The summed E-state index contributed by atoms with van der Waals surface area (Å²) in [5.74, 6) is 2.28. The van der Waals surface area contributed by atoms with Crippen molar-refractivity contribution in [2.24, 2.45) is 11.8 Å². The van der Waals surface area contributed by atoms with Gasteiger partial charge >= 0.3 is 0 Å². The molecule has 1 aromatic carbocycles. The highest BCUT2D eigenvalue weighted by Gasteiger charge is 2.26. The largest absolute Gasteiger partial charge is 0.501 e. The lowest BCUT2D eigenvalue weighted by Gasteiger charge is -2.29. The predicted octanol–water partition coefficient (Wildman–Crippen LogP) is 3.02. The Morgan fingerprint density at radius 2 is 1.87 bits per heavy atom. The molecule has 0 heterocycles. The van der Waals surface area contributed by atoms with E-state index in [1.165, 1.54) is 0 Å². The lowest BCUT2D eigenvalue weighted by atomic mass is 9.87. The molecule has 0 amide bonds. The van der Waals surface area contributed by atoms with Crippen LogP contribution in [-0.4, -0.2) is 31.9 Å². The third-order valence-corrected chi connectivity index (χ3v) is 4.52. The van der Waals surface area contributed by atoms with Crippen LogP contribution in [0.2, 0.25) is 0 Å². The molecule has 0 saturated carbocycles. The molecule has 1 aliphatic carbocycles. The van der Waals surface area contributed by atoms with Crippen LogP contribution in [0.25, 0.3) is 0 Å². The Morgan fingerprint density at radius 1 is 1.17 bits per heavy atom. The summed E-state index contributed by atoms with van der Waals surface area (Å²) in [4.78, 5) is 0. The number of hydrogen-bond acceptors (Lipinski definition) is 4. The first-order chi connectivity index (χ1) is 11.1. The summed E-state index contributed by atoms with van der Waals surface area (Å²) >= 11 is 0. The van der Waals surface area contributed by atoms with Gasteiger partial charge in [-0.1, -0.05) is 37.3 Å². The normalized spacial score (nSPS) is 23.5. The fourth-order valence-electron chi connectivity index (χ4n) is 2.87. The zero-order chi connectivity index (χ0) is 16.8. The predicted molar refractivity (Wildman–Crippen MR) is 91.7 cm³/mol. The van der Waals surface area contributed by atoms with E-state index in [0.29, 0.717) is 0 Å². The molecule has 126 valence electrons. The highest BCUT2D eigenvalue weighted by molar-refractivity contribution is 5.25. The maximum absolute atomic E-state index is 10.4. The van der Waals surface area contributed by atoms with E-state index in [9.17, 15) is 5.11 Å². The summed E-state index contributed by atoms with van der Waals surface area (Å²) in [6, 6.07) is 9.69. The van der Waals surface area contributed by atoms with Crippen molar-refractivity contribution >= 4 is 0 Å². The molecule has 4 atom stereocenters. The van der Waals surface area contributed by atoms with Crippen molar-refractivity contribution < 1.29 is 14.6 Å². The van der Waals surface area contributed by atoms with Crippen LogP contribution in [0.4, 0.5) is 0 Å². The summed E-state index contributed by atoms with van der Waals surface area (Å²) in [6.07, 6.45) is 3.52. The van der Waals surface area contributed by atoms with Gasteiger partial charge in [-0.3, -0.25) is 0 Å². The van der Waals surface area contributed by atoms with E-state index >= 15 is 0 Å². The molecule has 2 unspecified atom stereocenters. The fraction of sp³-hybridized carbons (Fsp3) is 0.474. The number of nitrogens with one attached hydrogen (secondary N) is 1. The molecule has 0 saturated heterocycles. The van der Waals surface area contributed by atoms with E-state index in [2.05, 4.69) is 18.3 Å². The van der Waals surface area contributed by atoms with Crippen LogP contribution < -0.4 is 5.32 Å². The van der Waals surface area contributed by atoms with Gasteiger partial charge in [-0.2, -0.15) is 0 Å². The van der Waals surface area contributed by atoms with Crippen molar-refractivity contribution in [3.05, 3.63) is 59.6 Å². The molecule has 0 spiro atoms. The Labute approximate surface area is 138 Å². The summed E-state index contributed by atoms with van der Waals surface area (Å²) in [5, 5.41) is 13.9. The minimum absolute atomic E-state index is 0.0408. The van der Waals surface area contributed by atoms with Gasteiger partial charge < -0.3 is 19.9 Å². The van der Waals surface area contributed by atoms with Gasteiger partial charge in [0, 0.05) is 30.5 Å². The summed E-state index contributed by atoms with van der Waals surface area (Å²) in [6.45, 7) is 4.89. The second-order valence-corrected chi connectivity index (χ2v) is 6.03. The fourth-order valence-corrected chi connectivity index (χ4v) is 2.87. The zero-order valence-electron chi connectivity index (χ0n) is 14.3. The van der Waals surface area contributed by atoms with Crippen molar-refractivity contribution in [1.82, 2.24) is 5.32 Å². The first-order valence-electron chi connectivity index (χ1n) is 8.04. The third kappa shape index (κ3) is 4.36. The number of allylic oxidation sites excluding steroid dienone is 2. The van der Waals surface area contributed by atoms with Gasteiger partial charge in [-0.15, -0.1) is 0 Å². The van der Waals surface area contributed by atoms with E-state index in [1.54, 1.807) is 14.2 Å². The number of aliphatic hydroxyl groups excluding tert-OH is 1. The Kier molecular flexibility index (Phi) is 6.25. The van der Waals surface area contributed by atoms with Gasteiger partial charge in [0.2, 0.25) is 0 Å². The van der Waals surface area contributed by atoms with Crippen molar-refractivity contribution in [1.29, 1.82) is 0 Å². The first-order valence-corrected chi connectivity index (χ1v) is 8.04. The Hall–Kier alpha value is -1.78. The summed E-state index contributed by atoms with van der Waals surface area (Å²) < 4.78 is 10.8. The molecular formula is C19H27NO3. The van der Waals surface area contributed by atoms with E-state index in [-0.39, 0.29) is 17.9 Å². The van der Waals surface area contributed by atoms with Gasteiger partial charge in [0.25, 0.3) is 0 Å². The molecule has 2 rings (SSSR count). The SMILES string of the molecule is COC1=CC(CN[C@@H](C)[C@H](O)c2ccccc2)C(C)C(OC)=C1. The van der Waals surface area contributed by atoms with Crippen LogP contribution in [0.3, 0.4) is 0 Å². The molecule has 4 nitrogen and oxygen atoms in total. The average molecular weight is 317 g/mol. The lowest BCUT2D eigenvalue weighted by Crippen LogP contribution is -2.38. The van der Waals surface area contributed by atoms with Crippen molar-refractivity contribution in [2.75, 3.05) is 20.8 Å². The van der Waals surface area contributed by atoms with E-state index < -0.39 is 6.10 Å². The van der Waals surface area contributed by atoms with Gasteiger partial charge in [-0.05, 0) is 18.6 Å². The molecule has 0 bridgehead atoms. The van der Waals surface area contributed by atoms with Crippen molar-refractivity contribution in [3.63, 3.8) is 0 Å². The highest BCUT2D eigenvalue weighted by Crippen LogP contribution is 2.29. The maximum Gasteiger partial charge on any atom is 0.118 e. The molecular weight excluding hydrogens is 290 g/mol. The number of ether oxygens (including phenoxy) is 2. The number of rotatable bonds is 7. The van der Waals surface area contributed by atoms with Gasteiger partial charge in [-0.25, -0.2) is 0 Å². The topological polar surface area (TPSA) is 50.7 Å². The molecule has 1 aliphatic rings. The number of hydrogen-bond donors (Lipinski definition) is 2. The Balaban J connectivity index is 1.97. The molecule has 4 heteroatoms. The van der Waals surface area contributed by atoms with E-state index in [1.807, 2.05) is 43.3 Å². The number of methoxy groups -OCH3 is 2. The second kappa shape index (κ2) is 8.18. The number of benzene rings is 1. The van der Waals surface area contributed by atoms with E-state index in [4.69, 9.17) is 9.47 Å². The molecule has 0 fully saturated rings. The monoisotopic (exact) mass is 317 g/mol. The molecule has 23 heavy (non-hydrogen) atoms. The molecule has 1 aromatic rings. The van der Waals surface area contributed by atoms with Crippen LogP contribution in [-0.2, 0) is 9.47 Å². The highest BCUT2D eigenvalue weighted by atomic mass is 16.5. The Morgan fingerprint density at radius 3 is 2.48 bits per heavy atom. The molecule has 0 radical (unpaired) electrons. The van der Waals surface area contributed by atoms with Gasteiger partial charge in [0.15, 0.2) is 0 Å². The van der Waals surface area contributed by atoms with Crippen LogP contribution in [0.1, 0.15) is 25.5 Å². The zero-order valence-corrected chi connectivity index (χ0v) is 14.3. The molecule has 2 N–H and O–H groups in total. The minimum Gasteiger partial charge on any atom is -0.501 e. The first kappa shape index (κ1) is 17.6. The quantitative estimate of drug-likeness (QED) is 0.811.